The predicted octanol–water partition coefficient (Wildman–Crippen LogP) is 3.18. The molecule has 0 saturated heterocycles. The Labute approximate surface area is 98.3 Å². The van der Waals surface area contributed by atoms with Crippen LogP contribution >= 0.6 is 0 Å². The summed E-state index contributed by atoms with van der Waals surface area (Å²) in [5.41, 5.74) is 1.56. The molecule has 4 unspecified atom stereocenters. The van der Waals surface area contributed by atoms with Crippen LogP contribution in [-0.4, -0.2) is 12.6 Å². The molecule has 2 aliphatic carbocycles. The maximum Gasteiger partial charge on any atom is 0.0167 e. The summed E-state index contributed by atoms with van der Waals surface area (Å²) in [5.74, 6) is 2.66. The minimum atomic E-state index is 0.742. The third kappa shape index (κ3) is 1.58. The SMILES string of the molecule is CCNC1C2CCC(C2)C1c1ccccc1. The van der Waals surface area contributed by atoms with E-state index in [-0.39, 0.29) is 0 Å². The van der Waals surface area contributed by atoms with Crippen molar-refractivity contribution in [2.45, 2.75) is 38.1 Å². The molecule has 0 spiro atoms. The molecule has 0 aromatic heterocycles. The summed E-state index contributed by atoms with van der Waals surface area (Å²) < 4.78 is 0. The molecule has 0 heterocycles. The van der Waals surface area contributed by atoms with E-state index in [1.807, 2.05) is 0 Å². The van der Waals surface area contributed by atoms with Gasteiger partial charge in [-0.2, -0.15) is 0 Å². The number of likely N-dealkylation sites (N-methyl/N-ethyl adjacent to an activating group) is 1. The van der Waals surface area contributed by atoms with Crippen LogP contribution in [0.4, 0.5) is 0 Å². The average Bonchev–Trinajstić information content (AvgIpc) is 2.91. The number of benzene rings is 1. The molecule has 16 heavy (non-hydrogen) atoms. The average molecular weight is 215 g/mol. The molecular weight excluding hydrogens is 194 g/mol. The topological polar surface area (TPSA) is 12.0 Å². The first kappa shape index (κ1) is 10.3. The summed E-state index contributed by atoms with van der Waals surface area (Å²) in [7, 11) is 0. The van der Waals surface area contributed by atoms with Gasteiger partial charge in [-0.25, -0.2) is 0 Å². The van der Waals surface area contributed by atoms with E-state index in [4.69, 9.17) is 0 Å². The monoisotopic (exact) mass is 215 g/mol. The zero-order chi connectivity index (χ0) is 11.0. The standard InChI is InChI=1S/C15H21N/c1-2-16-15-13-9-8-12(10-13)14(15)11-6-4-3-5-7-11/h3-7,12-16H,2,8-10H2,1H3. The van der Waals surface area contributed by atoms with Gasteiger partial charge >= 0.3 is 0 Å². The van der Waals surface area contributed by atoms with Crippen molar-refractivity contribution in [3.05, 3.63) is 35.9 Å². The molecule has 86 valence electrons. The molecule has 2 fully saturated rings. The van der Waals surface area contributed by atoms with Gasteiger partial charge in [0, 0.05) is 12.0 Å². The predicted molar refractivity (Wildman–Crippen MR) is 67.5 cm³/mol. The molecule has 3 rings (SSSR count). The Morgan fingerprint density at radius 2 is 1.88 bits per heavy atom. The number of nitrogens with one attached hydrogen (secondary N) is 1. The van der Waals surface area contributed by atoms with Crippen LogP contribution in [0.1, 0.15) is 37.7 Å². The van der Waals surface area contributed by atoms with E-state index < -0.39 is 0 Å². The first-order valence-corrected chi connectivity index (χ1v) is 6.68. The van der Waals surface area contributed by atoms with Crippen LogP contribution in [0, 0.1) is 11.8 Å². The maximum atomic E-state index is 3.72. The van der Waals surface area contributed by atoms with Crippen molar-refractivity contribution < 1.29 is 0 Å². The molecular formula is C15H21N. The van der Waals surface area contributed by atoms with Crippen LogP contribution in [-0.2, 0) is 0 Å². The van der Waals surface area contributed by atoms with Gasteiger partial charge < -0.3 is 5.32 Å². The first-order valence-electron chi connectivity index (χ1n) is 6.68. The van der Waals surface area contributed by atoms with Crippen LogP contribution in [0.15, 0.2) is 30.3 Å². The first-order chi connectivity index (χ1) is 7.90. The van der Waals surface area contributed by atoms with E-state index in [2.05, 4.69) is 42.6 Å². The Bertz CT molecular complexity index is 346. The van der Waals surface area contributed by atoms with E-state index in [1.54, 1.807) is 5.56 Å². The van der Waals surface area contributed by atoms with Crippen molar-refractivity contribution in [3.8, 4) is 0 Å². The largest absolute Gasteiger partial charge is 0.313 e. The van der Waals surface area contributed by atoms with Crippen molar-refractivity contribution in [2.24, 2.45) is 11.8 Å². The van der Waals surface area contributed by atoms with Gasteiger partial charge in [-0.3, -0.25) is 0 Å². The molecule has 2 aliphatic rings. The minimum absolute atomic E-state index is 0.742. The Hall–Kier alpha value is -0.820. The summed E-state index contributed by atoms with van der Waals surface area (Å²) in [5, 5.41) is 3.72. The minimum Gasteiger partial charge on any atom is -0.313 e. The Morgan fingerprint density at radius 1 is 1.12 bits per heavy atom. The van der Waals surface area contributed by atoms with E-state index in [9.17, 15) is 0 Å². The van der Waals surface area contributed by atoms with Crippen molar-refractivity contribution in [1.82, 2.24) is 5.32 Å². The molecule has 4 atom stereocenters. The molecule has 1 N–H and O–H groups in total. The molecule has 2 bridgehead atoms. The van der Waals surface area contributed by atoms with Gasteiger partial charge in [-0.1, -0.05) is 37.3 Å². The van der Waals surface area contributed by atoms with Gasteiger partial charge in [0.25, 0.3) is 0 Å². The van der Waals surface area contributed by atoms with Gasteiger partial charge in [-0.15, -0.1) is 0 Å². The zero-order valence-corrected chi connectivity index (χ0v) is 10.0. The fourth-order valence-electron chi connectivity index (χ4n) is 3.98. The van der Waals surface area contributed by atoms with Gasteiger partial charge in [0.1, 0.15) is 0 Å². The molecule has 1 nitrogen and oxygen atoms in total. The fraction of sp³-hybridized carbons (Fsp3) is 0.600. The number of rotatable bonds is 3. The van der Waals surface area contributed by atoms with Crippen molar-refractivity contribution in [2.75, 3.05) is 6.54 Å². The second-order valence-electron chi connectivity index (χ2n) is 5.35. The van der Waals surface area contributed by atoms with E-state index in [0.717, 1.165) is 30.3 Å². The highest BCUT2D eigenvalue weighted by atomic mass is 14.9. The normalized spacial score (nSPS) is 36.8. The highest BCUT2D eigenvalue weighted by molar-refractivity contribution is 5.26. The third-order valence-corrected chi connectivity index (χ3v) is 4.54. The third-order valence-electron chi connectivity index (χ3n) is 4.54. The van der Waals surface area contributed by atoms with Gasteiger partial charge in [0.15, 0.2) is 0 Å². The van der Waals surface area contributed by atoms with Gasteiger partial charge in [0.2, 0.25) is 0 Å². The Balaban J connectivity index is 1.88. The van der Waals surface area contributed by atoms with Gasteiger partial charge in [0.05, 0.1) is 0 Å². The zero-order valence-electron chi connectivity index (χ0n) is 10.0. The van der Waals surface area contributed by atoms with Crippen molar-refractivity contribution in [3.63, 3.8) is 0 Å². The van der Waals surface area contributed by atoms with Crippen LogP contribution in [0.3, 0.4) is 0 Å². The second-order valence-corrected chi connectivity index (χ2v) is 5.35. The van der Waals surface area contributed by atoms with Crippen molar-refractivity contribution >= 4 is 0 Å². The molecule has 0 amide bonds. The molecule has 0 radical (unpaired) electrons. The molecule has 0 aliphatic heterocycles. The van der Waals surface area contributed by atoms with Crippen molar-refractivity contribution in [1.29, 1.82) is 0 Å². The highest BCUT2D eigenvalue weighted by Gasteiger charge is 2.47. The lowest BCUT2D eigenvalue weighted by Crippen LogP contribution is -2.39. The van der Waals surface area contributed by atoms with E-state index in [0.29, 0.717) is 0 Å². The van der Waals surface area contributed by atoms with Gasteiger partial charge in [-0.05, 0) is 43.2 Å². The summed E-state index contributed by atoms with van der Waals surface area (Å²) in [6.45, 7) is 3.34. The summed E-state index contributed by atoms with van der Waals surface area (Å²) in [4.78, 5) is 0. The number of fused-ring (bicyclic) bond motifs is 2. The maximum absolute atomic E-state index is 3.72. The van der Waals surface area contributed by atoms with E-state index in [1.165, 1.54) is 19.3 Å². The summed E-state index contributed by atoms with van der Waals surface area (Å²) in [6, 6.07) is 11.9. The lowest BCUT2D eigenvalue weighted by molar-refractivity contribution is 0.315. The lowest BCUT2D eigenvalue weighted by Gasteiger charge is -2.32. The highest BCUT2D eigenvalue weighted by Crippen LogP contribution is 2.52. The second kappa shape index (κ2) is 4.21. The van der Waals surface area contributed by atoms with Crippen LogP contribution in [0.2, 0.25) is 0 Å². The smallest absolute Gasteiger partial charge is 0.0167 e. The summed E-state index contributed by atoms with van der Waals surface area (Å²) >= 11 is 0. The molecule has 2 saturated carbocycles. The molecule has 1 aromatic carbocycles. The number of hydrogen-bond donors (Lipinski definition) is 1. The fourth-order valence-corrected chi connectivity index (χ4v) is 3.98. The quantitative estimate of drug-likeness (QED) is 0.816. The lowest BCUT2D eigenvalue weighted by atomic mass is 9.80. The molecule has 1 heteroatoms. The summed E-state index contributed by atoms with van der Waals surface area (Å²) in [6.07, 6.45) is 4.36. The number of hydrogen-bond acceptors (Lipinski definition) is 1. The van der Waals surface area contributed by atoms with Crippen LogP contribution < -0.4 is 5.32 Å². The Kier molecular flexibility index (Phi) is 2.72. The Morgan fingerprint density at radius 3 is 2.62 bits per heavy atom. The van der Waals surface area contributed by atoms with Crippen LogP contribution in [0.5, 0.6) is 0 Å². The van der Waals surface area contributed by atoms with E-state index >= 15 is 0 Å². The molecule has 1 aromatic rings. The van der Waals surface area contributed by atoms with Crippen LogP contribution in [0.25, 0.3) is 0 Å².